The molecule has 0 aliphatic heterocycles. The second-order valence-electron chi connectivity index (χ2n) is 6.23. The van der Waals surface area contributed by atoms with Crippen molar-refractivity contribution in [3.8, 4) is 17.5 Å². The van der Waals surface area contributed by atoms with E-state index < -0.39 is 0 Å². The average Bonchev–Trinajstić information content (AvgIpc) is 3.22. The van der Waals surface area contributed by atoms with Gasteiger partial charge in [-0.15, -0.1) is 10.2 Å². The van der Waals surface area contributed by atoms with Gasteiger partial charge in [0.1, 0.15) is 12.1 Å². The lowest BCUT2D eigenvalue weighted by Gasteiger charge is -2.22. The normalized spacial score (nSPS) is 10.4. The van der Waals surface area contributed by atoms with Crippen molar-refractivity contribution in [3.05, 3.63) is 60.4 Å². The number of ether oxygens (including phenoxy) is 1. The predicted octanol–water partition coefficient (Wildman–Crippen LogP) is 3.62. The van der Waals surface area contributed by atoms with Gasteiger partial charge >= 0.3 is 0 Å². The maximum absolute atomic E-state index is 12.9. The molecule has 0 fully saturated rings. The van der Waals surface area contributed by atoms with Crippen LogP contribution in [0.15, 0.2) is 60.0 Å². The lowest BCUT2D eigenvalue weighted by Crippen LogP contribution is -2.33. The number of carbonyl (C=O) groups is 1. The number of para-hydroxylation sites is 2. The zero-order chi connectivity index (χ0) is 20.6. The number of hydrogen-bond donors (Lipinski definition) is 0. The van der Waals surface area contributed by atoms with Crippen molar-refractivity contribution in [2.45, 2.75) is 18.5 Å². The van der Waals surface area contributed by atoms with Crippen LogP contribution in [0.2, 0.25) is 0 Å². The van der Waals surface area contributed by atoms with E-state index in [2.05, 4.69) is 16.3 Å². The molecule has 0 N–H and O–H groups in total. The van der Waals surface area contributed by atoms with Crippen LogP contribution in [0.4, 0.5) is 5.69 Å². The van der Waals surface area contributed by atoms with Crippen LogP contribution in [-0.2, 0) is 4.79 Å². The molecule has 0 unspecified atom stereocenters. The maximum Gasteiger partial charge on any atom is 0.237 e. The van der Waals surface area contributed by atoms with Gasteiger partial charge in [-0.2, -0.15) is 5.26 Å². The van der Waals surface area contributed by atoms with Gasteiger partial charge in [0.15, 0.2) is 5.16 Å². The lowest BCUT2D eigenvalue weighted by molar-refractivity contribution is -0.116. The summed E-state index contributed by atoms with van der Waals surface area (Å²) in [5.74, 6) is 0.770. The Morgan fingerprint density at radius 2 is 2.00 bits per heavy atom. The van der Waals surface area contributed by atoms with Crippen molar-refractivity contribution in [1.82, 2.24) is 14.8 Å². The van der Waals surface area contributed by atoms with Crippen molar-refractivity contribution in [2.75, 3.05) is 24.3 Å². The molecule has 0 radical (unpaired) electrons. The Morgan fingerprint density at radius 3 is 2.72 bits per heavy atom. The highest BCUT2D eigenvalue weighted by atomic mass is 32.2. The van der Waals surface area contributed by atoms with Gasteiger partial charge < -0.3 is 9.64 Å². The van der Waals surface area contributed by atoms with Crippen molar-refractivity contribution in [2.24, 2.45) is 0 Å². The number of nitriles is 1. The molecule has 0 atom stereocenters. The summed E-state index contributed by atoms with van der Waals surface area (Å²) in [5.41, 5.74) is 2.69. The Balaban J connectivity index is 1.76. The molecule has 1 heterocycles. The quantitative estimate of drug-likeness (QED) is 0.530. The largest absolute Gasteiger partial charge is 0.495 e. The van der Waals surface area contributed by atoms with Gasteiger partial charge in [-0.3, -0.25) is 9.36 Å². The first-order chi connectivity index (χ1) is 14.1. The third-order valence-electron chi connectivity index (χ3n) is 4.28. The lowest BCUT2D eigenvalue weighted by atomic mass is 10.2. The second-order valence-corrected chi connectivity index (χ2v) is 7.18. The van der Waals surface area contributed by atoms with Crippen molar-refractivity contribution in [3.63, 3.8) is 0 Å². The van der Waals surface area contributed by atoms with Crippen LogP contribution in [0.1, 0.15) is 12.0 Å². The Kier molecular flexibility index (Phi) is 6.87. The molecule has 0 spiro atoms. The van der Waals surface area contributed by atoms with E-state index in [9.17, 15) is 4.79 Å². The molecule has 3 aromatic rings. The van der Waals surface area contributed by atoms with Crippen LogP contribution in [0, 0.1) is 18.3 Å². The maximum atomic E-state index is 12.9. The smallest absolute Gasteiger partial charge is 0.237 e. The van der Waals surface area contributed by atoms with Crippen LogP contribution >= 0.6 is 11.8 Å². The summed E-state index contributed by atoms with van der Waals surface area (Å²) < 4.78 is 7.20. The van der Waals surface area contributed by atoms with E-state index in [0.29, 0.717) is 17.5 Å². The minimum Gasteiger partial charge on any atom is -0.495 e. The third-order valence-corrected chi connectivity index (χ3v) is 5.21. The number of aryl methyl sites for hydroxylation is 1. The zero-order valence-corrected chi connectivity index (χ0v) is 17.1. The first kappa shape index (κ1) is 20.4. The fourth-order valence-electron chi connectivity index (χ4n) is 2.81. The standard InChI is InChI=1S/C21H21N5O2S/c1-16-8-10-17(11-9-16)25(13-5-12-22)20(27)14-29-21-24-23-15-26(21)18-6-3-4-7-19(18)28-2/h3-4,6-11,15H,5,13-14H2,1-2H3. The molecule has 1 aromatic heterocycles. The summed E-state index contributed by atoms with van der Waals surface area (Å²) in [6, 6.07) is 17.3. The summed E-state index contributed by atoms with van der Waals surface area (Å²) in [5, 5.41) is 17.7. The van der Waals surface area contributed by atoms with Gasteiger partial charge in [0.05, 0.1) is 31.0 Å². The Labute approximate surface area is 173 Å². The van der Waals surface area contributed by atoms with E-state index in [1.807, 2.05) is 55.5 Å². The minimum atomic E-state index is -0.0938. The Hall–Kier alpha value is -3.31. The minimum absolute atomic E-state index is 0.0938. The number of amides is 1. The summed E-state index contributed by atoms with van der Waals surface area (Å²) in [4.78, 5) is 14.6. The number of thioether (sulfide) groups is 1. The molecule has 0 saturated carbocycles. The Morgan fingerprint density at radius 1 is 1.24 bits per heavy atom. The van der Waals surface area contributed by atoms with Crippen molar-refractivity contribution in [1.29, 1.82) is 5.26 Å². The van der Waals surface area contributed by atoms with Crippen LogP contribution in [0.5, 0.6) is 5.75 Å². The Bertz CT molecular complexity index is 1010. The average molecular weight is 407 g/mol. The summed E-state index contributed by atoms with van der Waals surface area (Å²) in [7, 11) is 1.61. The topological polar surface area (TPSA) is 84.0 Å². The highest BCUT2D eigenvalue weighted by Crippen LogP contribution is 2.27. The highest BCUT2D eigenvalue weighted by Gasteiger charge is 2.18. The summed E-state index contributed by atoms with van der Waals surface area (Å²) >= 11 is 1.30. The first-order valence-corrected chi connectivity index (χ1v) is 10.0. The van der Waals surface area contributed by atoms with Gasteiger partial charge in [0, 0.05) is 12.2 Å². The van der Waals surface area contributed by atoms with Gasteiger partial charge in [-0.25, -0.2) is 0 Å². The predicted molar refractivity (Wildman–Crippen MR) is 112 cm³/mol. The van der Waals surface area contributed by atoms with E-state index in [4.69, 9.17) is 10.00 Å². The highest BCUT2D eigenvalue weighted by molar-refractivity contribution is 7.99. The monoisotopic (exact) mass is 407 g/mol. The first-order valence-electron chi connectivity index (χ1n) is 9.04. The van der Waals surface area contributed by atoms with Gasteiger partial charge in [0.25, 0.3) is 0 Å². The number of benzene rings is 2. The second kappa shape index (κ2) is 9.75. The number of aromatic nitrogens is 3. The molecule has 7 nitrogen and oxygen atoms in total. The molecule has 3 rings (SSSR count). The molecular weight excluding hydrogens is 386 g/mol. The molecule has 29 heavy (non-hydrogen) atoms. The molecule has 8 heteroatoms. The number of hydrogen-bond acceptors (Lipinski definition) is 6. The third kappa shape index (κ3) is 4.95. The van der Waals surface area contributed by atoms with E-state index in [0.717, 1.165) is 16.9 Å². The fraction of sp³-hybridized carbons (Fsp3) is 0.238. The van der Waals surface area contributed by atoms with Gasteiger partial charge in [-0.05, 0) is 31.2 Å². The van der Waals surface area contributed by atoms with Gasteiger partial charge in [-0.1, -0.05) is 41.6 Å². The number of rotatable bonds is 8. The molecule has 1 amide bonds. The van der Waals surface area contributed by atoms with Crippen LogP contribution < -0.4 is 9.64 Å². The number of methoxy groups -OCH3 is 1. The van der Waals surface area contributed by atoms with Crippen molar-refractivity contribution < 1.29 is 9.53 Å². The van der Waals surface area contributed by atoms with E-state index >= 15 is 0 Å². The van der Waals surface area contributed by atoms with Crippen LogP contribution in [0.3, 0.4) is 0 Å². The summed E-state index contributed by atoms with van der Waals surface area (Å²) in [6.07, 6.45) is 1.86. The molecule has 2 aromatic carbocycles. The number of nitrogens with zero attached hydrogens (tertiary/aromatic N) is 5. The molecular formula is C21H21N5O2S. The summed E-state index contributed by atoms with van der Waals surface area (Å²) in [6.45, 7) is 2.34. The number of carbonyl (C=O) groups excluding carboxylic acids is 1. The fourth-order valence-corrected chi connectivity index (χ4v) is 3.60. The molecule has 0 aliphatic carbocycles. The van der Waals surface area contributed by atoms with E-state index in [1.54, 1.807) is 22.9 Å². The number of anilines is 1. The molecule has 0 aliphatic rings. The SMILES string of the molecule is COc1ccccc1-n1cnnc1SCC(=O)N(CCC#N)c1ccc(C)cc1. The van der Waals surface area contributed by atoms with E-state index in [1.165, 1.54) is 11.8 Å². The van der Waals surface area contributed by atoms with Crippen LogP contribution in [-0.4, -0.2) is 40.1 Å². The van der Waals surface area contributed by atoms with Crippen molar-refractivity contribution >= 4 is 23.4 Å². The molecule has 0 saturated heterocycles. The van der Waals surface area contributed by atoms with Gasteiger partial charge in [0.2, 0.25) is 5.91 Å². The van der Waals surface area contributed by atoms with E-state index in [-0.39, 0.29) is 18.1 Å². The molecule has 0 bridgehead atoms. The van der Waals surface area contributed by atoms with Crippen LogP contribution in [0.25, 0.3) is 5.69 Å². The molecule has 148 valence electrons. The zero-order valence-electron chi connectivity index (χ0n) is 16.3.